The first-order valence-electron chi connectivity index (χ1n) is 14.1. The molecule has 176 valence electrons. The van der Waals surface area contributed by atoms with E-state index in [1.54, 1.807) is 0 Å². The molecule has 1 nitrogen and oxygen atoms in total. The van der Waals surface area contributed by atoms with Crippen LogP contribution in [0.25, 0.3) is 0 Å². The van der Waals surface area contributed by atoms with Crippen molar-refractivity contribution in [3.8, 4) is 0 Å². The molecule has 4 saturated carbocycles. The molecule has 0 radical (unpaired) electrons. The van der Waals surface area contributed by atoms with E-state index in [4.69, 9.17) is 4.74 Å². The Morgan fingerprint density at radius 2 is 1.65 bits per heavy atom. The third-order valence-electron chi connectivity index (χ3n) is 11.9. The van der Waals surface area contributed by atoms with Crippen molar-refractivity contribution in [2.45, 2.75) is 124 Å². The lowest BCUT2D eigenvalue weighted by atomic mass is 9.47. The predicted octanol–water partition coefficient (Wildman–Crippen LogP) is 8.58. The molecule has 0 spiro atoms. The Bertz CT molecular complexity index is 685. The van der Waals surface area contributed by atoms with E-state index in [0.717, 1.165) is 30.3 Å². The molecule has 0 aromatic carbocycles. The van der Waals surface area contributed by atoms with E-state index in [-0.39, 0.29) is 5.60 Å². The molecule has 0 saturated heterocycles. The zero-order chi connectivity index (χ0) is 21.9. The Labute approximate surface area is 193 Å². The summed E-state index contributed by atoms with van der Waals surface area (Å²) in [6.07, 6.45) is 21.1. The van der Waals surface area contributed by atoms with Gasteiger partial charge in [0.1, 0.15) is 0 Å². The van der Waals surface area contributed by atoms with Gasteiger partial charge in [-0.15, -0.1) is 0 Å². The van der Waals surface area contributed by atoms with Gasteiger partial charge in [-0.3, -0.25) is 0 Å². The molecule has 31 heavy (non-hydrogen) atoms. The quantitative estimate of drug-likeness (QED) is 0.400. The monoisotopic (exact) mass is 426 g/mol. The fourth-order valence-electron chi connectivity index (χ4n) is 9.95. The molecule has 1 heteroatoms. The van der Waals surface area contributed by atoms with Crippen molar-refractivity contribution in [1.29, 1.82) is 0 Å². The summed E-state index contributed by atoms with van der Waals surface area (Å²) >= 11 is 0. The van der Waals surface area contributed by atoms with E-state index >= 15 is 0 Å². The third-order valence-corrected chi connectivity index (χ3v) is 11.9. The van der Waals surface area contributed by atoms with Gasteiger partial charge in [0, 0.05) is 0 Å². The van der Waals surface area contributed by atoms with Gasteiger partial charge in [-0.1, -0.05) is 65.5 Å². The SMILES string of the molecule is CC(COC1(C(C)C)CCCC1)C1CCC2C3CC=C4CCCCC4(C)C3CCC12C. The maximum atomic E-state index is 6.83. The first kappa shape index (κ1) is 22.5. The largest absolute Gasteiger partial charge is 0.374 e. The second-order valence-corrected chi connectivity index (χ2v) is 13.4. The van der Waals surface area contributed by atoms with E-state index in [1.165, 1.54) is 83.5 Å². The smallest absolute Gasteiger partial charge is 0.0705 e. The maximum absolute atomic E-state index is 6.83. The molecule has 0 amide bonds. The zero-order valence-electron chi connectivity index (χ0n) is 21.3. The molecule has 0 N–H and O–H groups in total. The van der Waals surface area contributed by atoms with Gasteiger partial charge in [-0.2, -0.15) is 0 Å². The van der Waals surface area contributed by atoms with Crippen LogP contribution >= 0.6 is 0 Å². The molecular formula is C30H50O. The lowest BCUT2D eigenvalue weighted by Gasteiger charge is -2.58. The summed E-state index contributed by atoms with van der Waals surface area (Å²) < 4.78 is 6.83. The maximum Gasteiger partial charge on any atom is 0.0705 e. The molecule has 5 aliphatic carbocycles. The lowest BCUT2D eigenvalue weighted by Crippen LogP contribution is -2.50. The fraction of sp³-hybridized carbons (Fsp3) is 0.933. The number of hydrogen-bond acceptors (Lipinski definition) is 1. The molecule has 0 heterocycles. The van der Waals surface area contributed by atoms with Crippen LogP contribution in [0, 0.1) is 46.3 Å². The molecular weight excluding hydrogens is 376 g/mol. The Morgan fingerprint density at radius 3 is 2.39 bits per heavy atom. The molecule has 5 rings (SSSR count). The third kappa shape index (κ3) is 3.50. The van der Waals surface area contributed by atoms with Gasteiger partial charge in [0.15, 0.2) is 0 Å². The summed E-state index contributed by atoms with van der Waals surface area (Å²) in [5.74, 6) is 5.13. The number of rotatable bonds is 5. The van der Waals surface area contributed by atoms with Gasteiger partial charge in [0.05, 0.1) is 12.2 Å². The average molecular weight is 427 g/mol. The van der Waals surface area contributed by atoms with Crippen LogP contribution in [-0.2, 0) is 4.74 Å². The lowest BCUT2D eigenvalue weighted by molar-refractivity contribution is -0.105. The summed E-state index contributed by atoms with van der Waals surface area (Å²) in [5, 5.41) is 0. The molecule has 5 aliphatic rings. The molecule has 0 aliphatic heterocycles. The highest BCUT2D eigenvalue weighted by molar-refractivity contribution is 5.24. The van der Waals surface area contributed by atoms with Gasteiger partial charge >= 0.3 is 0 Å². The Balaban J connectivity index is 1.30. The van der Waals surface area contributed by atoms with E-state index in [9.17, 15) is 0 Å². The Morgan fingerprint density at radius 1 is 0.903 bits per heavy atom. The number of allylic oxidation sites excluding steroid dienone is 2. The molecule has 7 unspecified atom stereocenters. The Kier molecular flexibility index (Phi) is 5.93. The van der Waals surface area contributed by atoms with Crippen LogP contribution in [-0.4, -0.2) is 12.2 Å². The summed E-state index contributed by atoms with van der Waals surface area (Å²) in [6, 6.07) is 0. The highest BCUT2D eigenvalue weighted by Gasteiger charge is 2.58. The van der Waals surface area contributed by atoms with Crippen molar-refractivity contribution in [3.05, 3.63) is 11.6 Å². The van der Waals surface area contributed by atoms with Gasteiger partial charge < -0.3 is 4.74 Å². The molecule has 7 atom stereocenters. The second kappa shape index (κ2) is 8.18. The first-order valence-corrected chi connectivity index (χ1v) is 14.1. The van der Waals surface area contributed by atoms with E-state index in [1.807, 2.05) is 5.57 Å². The topological polar surface area (TPSA) is 9.23 Å². The van der Waals surface area contributed by atoms with Gasteiger partial charge in [-0.05, 0) is 111 Å². The molecule has 4 fully saturated rings. The minimum Gasteiger partial charge on any atom is -0.374 e. The Hall–Kier alpha value is -0.300. The van der Waals surface area contributed by atoms with Crippen molar-refractivity contribution in [1.82, 2.24) is 0 Å². The highest BCUT2D eigenvalue weighted by atomic mass is 16.5. The van der Waals surface area contributed by atoms with Crippen LogP contribution < -0.4 is 0 Å². The highest BCUT2D eigenvalue weighted by Crippen LogP contribution is 2.67. The first-order chi connectivity index (χ1) is 14.8. The number of ether oxygens (including phenoxy) is 1. The number of fused-ring (bicyclic) bond motifs is 5. The minimum absolute atomic E-state index is 0.185. The van der Waals surface area contributed by atoms with Crippen molar-refractivity contribution in [2.24, 2.45) is 46.3 Å². The van der Waals surface area contributed by atoms with Crippen LogP contribution in [0.1, 0.15) is 118 Å². The van der Waals surface area contributed by atoms with Gasteiger partial charge in [-0.25, -0.2) is 0 Å². The van der Waals surface area contributed by atoms with Crippen LogP contribution in [0.3, 0.4) is 0 Å². The standard InChI is InChI=1S/C30H50O/c1-21(2)30(17-8-9-18-30)31-20-22(3)25-13-14-26-24-12-11-23-10-6-7-16-28(23,4)27(24)15-19-29(25,26)5/h11,21-22,24-27H,6-10,12-20H2,1-5H3. The van der Waals surface area contributed by atoms with Crippen LogP contribution in [0.2, 0.25) is 0 Å². The van der Waals surface area contributed by atoms with E-state index in [0.29, 0.717) is 22.7 Å². The normalized spacial score (nSPS) is 45.0. The van der Waals surface area contributed by atoms with Crippen molar-refractivity contribution in [3.63, 3.8) is 0 Å². The summed E-state index contributed by atoms with van der Waals surface area (Å²) in [6.45, 7) is 13.7. The minimum atomic E-state index is 0.185. The van der Waals surface area contributed by atoms with Gasteiger partial charge in [0.25, 0.3) is 0 Å². The summed E-state index contributed by atoms with van der Waals surface area (Å²) in [7, 11) is 0. The molecule has 0 aromatic heterocycles. The predicted molar refractivity (Wildman–Crippen MR) is 131 cm³/mol. The second-order valence-electron chi connectivity index (χ2n) is 13.4. The fourth-order valence-corrected chi connectivity index (χ4v) is 9.95. The molecule has 0 bridgehead atoms. The van der Waals surface area contributed by atoms with E-state index < -0.39 is 0 Å². The summed E-state index contributed by atoms with van der Waals surface area (Å²) in [5.41, 5.74) is 3.14. The van der Waals surface area contributed by atoms with Gasteiger partial charge in [0.2, 0.25) is 0 Å². The number of hydrogen-bond donors (Lipinski definition) is 0. The van der Waals surface area contributed by atoms with Crippen molar-refractivity contribution >= 4 is 0 Å². The van der Waals surface area contributed by atoms with Crippen LogP contribution in [0.4, 0.5) is 0 Å². The van der Waals surface area contributed by atoms with Crippen LogP contribution in [0.15, 0.2) is 11.6 Å². The molecule has 0 aromatic rings. The van der Waals surface area contributed by atoms with Crippen molar-refractivity contribution in [2.75, 3.05) is 6.61 Å². The summed E-state index contributed by atoms with van der Waals surface area (Å²) in [4.78, 5) is 0. The zero-order valence-corrected chi connectivity index (χ0v) is 21.3. The van der Waals surface area contributed by atoms with Crippen molar-refractivity contribution < 1.29 is 4.74 Å². The van der Waals surface area contributed by atoms with Crippen LogP contribution in [0.5, 0.6) is 0 Å². The van der Waals surface area contributed by atoms with E-state index in [2.05, 4.69) is 40.7 Å². The average Bonchev–Trinajstić information content (AvgIpc) is 3.36.